The van der Waals surface area contributed by atoms with Crippen molar-refractivity contribution in [2.75, 3.05) is 0 Å². The van der Waals surface area contributed by atoms with Crippen LogP contribution in [0.5, 0.6) is 0 Å². The molecule has 47 heavy (non-hydrogen) atoms. The van der Waals surface area contributed by atoms with Crippen LogP contribution in [-0.4, -0.2) is 14.5 Å². The van der Waals surface area contributed by atoms with E-state index in [1.54, 1.807) is 0 Å². The van der Waals surface area contributed by atoms with E-state index >= 15 is 0 Å². The summed E-state index contributed by atoms with van der Waals surface area (Å²) in [5, 5.41) is 4.56. The van der Waals surface area contributed by atoms with Crippen LogP contribution in [0.4, 0.5) is 0 Å². The number of benzene rings is 7. The highest BCUT2D eigenvalue weighted by Gasteiger charge is 2.18. The van der Waals surface area contributed by atoms with E-state index in [2.05, 4.69) is 89.9 Å². The van der Waals surface area contributed by atoms with Crippen molar-refractivity contribution in [1.82, 2.24) is 14.5 Å². The van der Waals surface area contributed by atoms with Gasteiger partial charge in [-0.3, -0.25) is 9.55 Å². The Morgan fingerprint density at radius 3 is 1.60 bits per heavy atom. The molecule has 0 N–H and O–H groups in total. The minimum absolute atomic E-state index is 0.0620. The predicted octanol–water partition coefficient (Wildman–Crippen LogP) is 11.4. The second-order valence-corrected chi connectivity index (χ2v) is 11.4. The van der Waals surface area contributed by atoms with Crippen LogP contribution in [0.25, 0.3) is 83.2 Å². The molecule has 3 nitrogen and oxygen atoms in total. The van der Waals surface area contributed by atoms with E-state index in [1.807, 2.05) is 65.4 Å². The number of para-hydroxylation sites is 2. The molecule has 9 rings (SSSR count). The van der Waals surface area contributed by atoms with E-state index in [9.17, 15) is 0 Å². The Bertz CT molecular complexity index is 2740. The minimum atomic E-state index is -0.433. The molecule has 0 spiro atoms. The fourth-order valence-electron chi connectivity index (χ4n) is 6.69. The van der Waals surface area contributed by atoms with Gasteiger partial charge in [-0.25, -0.2) is 4.98 Å². The highest BCUT2D eigenvalue weighted by molar-refractivity contribution is 6.21. The van der Waals surface area contributed by atoms with Gasteiger partial charge in [0.2, 0.25) is 0 Å². The van der Waals surface area contributed by atoms with Gasteiger partial charge in [0.15, 0.2) is 0 Å². The molecule has 0 aliphatic heterocycles. The maximum Gasteiger partial charge on any atom is 0.145 e. The summed E-state index contributed by atoms with van der Waals surface area (Å²) >= 11 is 0. The van der Waals surface area contributed by atoms with Crippen LogP contribution in [0.3, 0.4) is 0 Å². The third kappa shape index (κ3) is 4.60. The monoisotopic (exact) mass is 604 g/mol. The van der Waals surface area contributed by atoms with Gasteiger partial charge in [-0.1, -0.05) is 133 Å². The first-order valence-electron chi connectivity index (χ1n) is 18.0. The lowest BCUT2D eigenvalue weighted by atomic mass is 9.86. The summed E-state index contributed by atoms with van der Waals surface area (Å²) in [5.74, 6) is 0.292. The maximum atomic E-state index is 8.71. The van der Waals surface area contributed by atoms with Crippen molar-refractivity contribution < 1.29 is 6.85 Å². The summed E-state index contributed by atoms with van der Waals surface area (Å²) in [4.78, 5) is 9.34. The Balaban J connectivity index is 1.22. The van der Waals surface area contributed by atoms with Crippen LogP contribution in [0.1, 0.15) is 6.85 Å². The fourth-order valence-corrected chi connectivity index (χ4v) is 6.69. The number of nitrogens with zero attached hydrogens (tertiary/aromatic N) is 3. The summed E-state index contributed by atoms with van der Waals surface area (Å²) in [7, 11) is 0. The molecular weight excluding hydrogens is 571 g/mol. The standard InChI is InChI=1S/C44H29N3/c1-2-12-33(13-3-1)44-46-40-19-8-9-20-41(40)47(44)34-27-25-32(26-28-34)43-37-16-6-4-14-35(37)42(36-15-5-7-17-38(36)43)31-23-21-30(22-24-31)39-18-10-11-29-45-39/h1-29H/i1D,2D,3D,12D,13D. The smallest absolute Gasteiger partial charge is 0.145 e. The fraction of sp³-hybridized carbons (Fsp3) is 0. The van der Waals surface area contributed by atoms with Gasteiger partial charge in [-0.15, -0.1) is 0 Å². The Morgan fingerprint density at radius 1 is 0.468 bits per heavy atom. The number of imidazole rings is 1. The number of pyridine rings is 1. The molecule has 0 aliphatic carbocycles. The molecule has 0 saturated carbocycles. The average molecular weight is 605 g/mol. The molecule has 0 radical (unpaired) electrons. The lowest BCUT2D eigenvalue weighted by molar-refractivity contribution is 1.10. The zero-order valence-corrected chi connectivity index (χ0v) is 25.2. The largest absolute Gasteiger partial charge is 0.292 e. The van der Waals surface area contributed by atoms with E-state index in [0.717, 1.165) is 60.7 Å². The van der Waals surface area contributed by atoms with Crippen LogP contribution in [0.2, 0.25) is 0 Å². The first kappa shape index (κ1) is 22.2. The van der Waals surface area contributed by atoms with Crippen molar-refractivity contribution in [2.24, 2.45) is 0 Å². The molecule has 0 atom stereocenters. The van der Waals surface area contributed by atoms with Crippen LogP contribution in [-0.2, 0) is 0 Å². The molecule has 3 heteroatoms. The third-order valence-corrected chi connectivity index (χ3v) is 8.76. The molecule has 0 unspecified atom stereocenters. The lowest BCUT2D eigenvalue weighted by Gasteiger charge is -2.18. The van der Waals surface area contributed by atoms with E-state index in [4.69, 9.17) is 11.8 Å². The number of hydrogen-bond donors (Lipinski definition) is 0. The molecule has 2 heterocycles. The van der Waals surface area contributed by atoms with Gasteiger partial charge < -0.3 is 0 Å². The van der Waals surface area contributed by atoms with Crippen LogP contribution in [0.15, 0.2) is 176 Å². The first-order valence-corrected chi connectivity index (χ1v) is 15.5. The second kappa shape index (κ2) is 11.2. The molecule has 0 amide bonds. The highest BCUT2D eigenvalue weighted by atomic mass is 15.1. The quantitative estimate of drug-likeness (QED) is 0.183. The summed E-state index contributed by atoms with van der Waals surface area (Å²) in [6.07, 6.45) is 1.81. The summed E-state index contributed by atoms with van der Waals surface area (Å²) in [6, 6.07) is 45.6. The van der Waals surface area contributed by atoms with E-state index in [0.29, 0.717) is 11.3 Å². The van der Waals surface area contributed by atoms with Crippen LogP contribution in [0, 0.1) is 0 Å². The minimum Gasteiger partial charge on any atom is -0.292 e. The predicted molar refractivity (Wildman–Crippen MR) is 196 cm³/mol. The highest BCUT2D eigenvalue weighted by Crippen LogP contribution is 2.44. The van der Waals surface area contributed by atoms with Crippen molar-refractivity contribution in [3.63, 3.8) is 0 Å². The average Bonchev–Trinajstić information content (AvgIpc) is 3.58. The Morgan fingerprint density at radius 2 is 1.00 bits per heavy atom. The molecule has 7 aromatic carbocycles. The Hall–Kier alpha value is -6.32. The number of hydrogen-bond acceptors (Lipinski definition) is 2. The van der Waals surface area contributed by atoms with Crippen molar-refractivity contribution >= 4 is 32.6 Å². The van der Waals surface area contributed by atoms with Crippen molar-refractivity contribution in [1.29, 1.82) is 0 Å². The van der Waals surface area contributed by atoms with E-state index in [1.165, 1.54) is 5.56 Å². The topological polar surface area (TPSA) is 30.7 Å². The second-order valence-electron chi connectivity index (χ2n) is 11.4. The van der Waals surface area contributed by atoms with E-state index in [-0.39, 0.29) is 17.6 Å². The third-order valence-electron chi connectivity index (χ3n) is 8.76. The first-order chi connectivity index (χ1) is 25.4. The van der Waals surface area contributed by atoms with Crippen LogP contribution < -0.4 is 0 Å². The number of aromatic nitrogens is 3. The van der Waals surface area contributed by atoms with E-state index < -0.39 is 18.1 Å². The van der Waals surface area contributed by atoms with Gasteiger partial charge in [0.1, 0.15) is 5.82 Å². The van der Waals surface area contributed by atoms with Gasteiger partial charge in [-0.2, -0.15) is 0 Å². The zero-order chi connectivity index (χ0) is 35.5. The molecule has 0 aliphatic rings. The normalized spacial score (nSPS) is 12.9. The van der Waals surface area contributed by atoms with Gasteiger partial charge in [-0.05, 0) is 80.2 Å². The number of fused-ring (bicyclic) bond motifs is 3. The van der Waals surface area contributed by atoms with Gasteiger partial charge >= 0.3 is 0 Å². The zero-order valence-electron chi connectivity index (χ0n) is 30.2. The lowest BCUT2D eigenvalue weighted by Crippen LogP contribution is -1.98. The SMILES string of the molecule is [2H]c1c([2H])c([2H])c(-c2nc3ccccc3n2-c2ccc(-c3c4ccccc4c(-c4ccc(-c5ccccn5)cc4)c4ccccc34)cc2)c([2H])c1[2H]. The van der Waals surface area contributed by atoms with Crippen LogP contribution >= 0.6 is 0 Å². The van der Waals surface area contributed by atoms with Gasteiger partial charge in [0, 0.05) is 23.0 Å². The molecule has 2 aromatic heterocycles. The summed E-state index contributed by atoms with van der Waals surface area (Å²) in [5.41, 5.74) is 8.70. The molecule has 0 fully saturated rings. The molecule has 220 valence electrons. The van der Waals surface area contributed by atoms with Crippen molar-refractivity contribution in [3.8, 4) is 50.6 Å². The molecule has 9 aromatic rings. The Labute approximate surface area is 280 Å². The molecular formula is C44H29N3. The molecule has 0 bridgehead atoms. The van der Waals surface area contributed by atoms with Crippen molar-refractivity contribution in [3.05, 3.63) is 176 Å². The van der Waals surface area contributed by atoms with Gasteiger partial charge in [0.05, 0.1) is 23.6 Å². The Kier molecular flexibility index (Phi) is 5.32. The van der Waals surface area contributed by atoms with Gasteiger partial charge in [0.25, 0.3) is 0 Å². The molecule has 0 saturated heterocycles. The summed E-state index contributed by atoms with van der Waals surface area (Å²) in [6.45, 7) is 0. The van der Waals surface area contributed by atoms with Crippen molar-refractivity contribution in [2.45, 2.75) is 0 Å². The summed E-state index contributed by atoms with van der Waals surface area (Å²) < 4.78 is 44.0. The maximum absolute atomic E-state index is 8.71. The number of rotatable bonds is 5.